The van der Waals surface area contributed by atoms with Gasteiger partial charge in [-0.3, -0.25) is 9.59 Å². The number of aliphatic carboxylic acids is 1. The Kier molecular flexibility index (Phi) is 4.63. The molecule has 6 nitrogen and oxygen atoms in total. The number of methoxy groups -OCH3 is 1. The molecule has 0 saturated carbocycles. The SMILES string of the molecule is COc1ccc(NC(=O)CC(=O)O)c(-c2ccccc2O)c1. The van der Waals surface area contributed by atoms with Gasteiger partial charge >= 0.3 is 5.97 Å². The standard InChI is InChI=1S/C16H15NO5/c1-22-10-6-7-13(17-15(19)9-16(20)21)12(8-10)11-4-2-3-5-14(11)18/h2-8,18H,9H2,1H3,(H,17,19)(H,20,21). The fourth-order valence-corrected chi connectivity index (χ4v) is 2.02. The molecule has 0 aliphatic rings. The number of hydrogen-bond acceptors (Lipinski definition) is 4. The van der Waals surface area contributed by atoms with E-state index >= 15 is 0 Å². The van der Waals surface area contributed by atoms with Crippen LogP contribution in [-0.2, 0) is 9.59 Å². The molecular formula is C16H15NO5. The fraction of sp³-hybridized carbons (Fsp3) is 0.125. The number of carbonyl (C=O) groups is 2. The molecule has 114 valence electrons. The van der Waals surface area contributed by atoms with Gasteiger partial charge in [-0.2, -0.15) is 0 Å². The van der Waals surface area contributed by atoms with Crippen molar-refractivity contribution in [3.8, 4) is 22.6 Å². The first-order valence-electron chi connectivity index (χ1n) is 6.49. The lowest BCUT2D eigenvalue weighted by Crippen LogP contribution is -2.16. The Labute approximate surface area is 127 Å². The van der Waals surface area contributed by atoms with Gasteiger partial charge in [-0.1, -0.05) is 18.2 Å². The molecule has 22 heavy (non-hydrogen) atoms. The van der Waals surface area contributed by atoms with Gasteiger partial charge in [0.2, 0.25) is 5.91 Å². The van der Waals surface area contributed by atoms with E-state index in [0.717, 1.165) is 0 Å². The number of nitrogens with one attached hydrogen (secondary N) is 1. The molecule has 2 aromatic carbocycles. The molecule has 0 aromatic heterocycles. The normalized spacial score (nSPS) is 10.0. The molecule has 0 heterocycles. The molecule has 6 heteroatoms. The molecule has 0 atom stereocenters. The number of para-hydroxylation sites is 1. The molecule has 0 aliphatic heterocycles. The number of phenols is 1. The van der Waals surface area contributed by atoms with Crippen LogP contribution in [0.1, 0.15) is 6.42 Å². The molecule has 1 amide bonds. The Morgan fingerprint density at radius 2 is 1.86 bits per heavy atom. The minimum atomic E-state index is -1.21. The van der Waals surface area contributed by atoms with Gasteiger partial charge in [0.05, 0.1) is 7.11 Å². The molecule has 2 aromatic rings. The Morgan fingerprint density at radius 1 is 1.14 bits per heavy atom. The summed E-state index contributed by atoms with van der Waals surface area (Å²) < 4.78 is 5.15. The Morgan fingerprint density at radius 3 is 2.50 bits per heavy atom. The second kappa shape index (κ2) is 6.62. The average Bonchev–Trinajstić information content (AvgIpc) is 2.47. The van der Waals surface area contributed by atoms with Crippen LogP contribution in [0.3, 0.4) is 0 Å². The number of hydrogen-bond donors (Lipinski definition) is 3. The van der Waals surface area contributed by atoms with Crippen molar-refractivity contribution in [2.24, 2.45) is 0 Å². The summed E-state index contributed by atoms with van der Waals surface area (Å²) in [5, 5.41) is 21.2. The van der Waals surface area contributed by atoms with Crippen molar-refractivity contribution in [2.75, 3.05) is 12.4 Å². The molecule has 2 rings (SSSR count). The van der Waals surface area contributed by atoms with E-state index in [-0.39, 0.29) is 5.75 Å². The molecule has 0 bridgehead atoms. The summed E-state index contributed by atoms with van der Waals surface area (Å²) >= 11 is 0. The van der Waals surface area contributed by atoms with E-state index in [1.165, 1.54) is 13.2 Å². The van der Waals surface area contributed by atoms with Crippen LogP contribution >= 0.6 is 0 Å². The zero-order chi connectivity index (χ0) is 16.1. The third kappa shape index (κ3) is 3.54. The first-order chi connectivity index (χ1) is 10.5. The van der Waals surface area contributed by atoms with Crippen LogP contribution in [0.2, 0.25) is 0 Å². The zero-order valence-electron chi connectivity index (χ0n) is 11.9. The van der Waals surface area contributed by atoms with Gasteiger partial charge < -0.3 is 20.3 Å². The Balaban J connectivity index is 2.44. The number of aromatic hydroxyl groups is 1. The highest BCUT2D eigenvalue weighted by atomic mass is 16.5. The quantitative estimate of drug-likeness (QED) is 0.737. The molecule has 0 fully saturated rings. The first-order valence-corrected chi connectivity index (χ1v) is 6.49. The van der Waals surface area contributed by atoms with Crippen molar-refractivity contribution in [1.29, 1.82) is 0 Å². The zero-order valence-corrected chi connectivity index (χ0v) is 11.9. The van der Waals surface area contributed by atoms with Gasteiger partial charge in [-0.15, -0.1) is 0 Å². The van der Waals surface area contributed by atoms with Crippen molar-refractivity contribution in [3.63, 3.8) is 0 Å². The minimum Gasteiger partial charge on any atom is -0.507 e. The summed E-state index contributed by atoms with van der Waals surface area (Å²) in [6.45, 7) is 0. The first kappa shape index (κ1) is 15.4. The summed E-state index contributed by atoms with van der Waals surface area (Å²) in [6, 6.07) is 11.5. The number of carbonyl (C=O) groups excluding carboxylic acids is 1. The summed E-state index contributed by atoms with van der Waals surface area (Å²) in [6.07, 6.45) is -0.633. The lowest BCUT2D eigenvalue weighted by molar-refractivity contribution is -0.139. The smallest absolute Gasteiger partial charge is 0.312 e. The number of anilines is 1. The van der Waals surface area contributed by atoms with Gasteiger partial charge in [0.25, 0.3) is 0 Å². The highest BCUT2D eigenvalue weighted by Crippen LogP contribution is 2.36. The van der Waals surface area contributed by atoms with E-state index < -0.39 is 18.3 Å². The van der Waals surface area contributed by atoms with Gasteiger partial charge in [0, 0.05) is 16.8 Å². The van der Waals surface area contributed by atoms with Crippen molar-refractivity contribution < 1.29 is 24.5 Å². The fourth-order valence-electron chi connectivity index (χ4n) is 2.02. The molecule has 0 unspecified atom stereocenters. The number of benzene rings is 2. The van der Waals surface area contributed by atoms with Crippen LogP contribution in [0.15, 0.2) is 42.5 Å². The van der Waals surface area contributed by atoms with E-state index in [0.29, 0.717) is 22.6 Å². The second-order valence-corrected chi connectivity index (χ2v) is 4.55. The van der Waals surface area contributed by atoms with Crippen molar-refractivity contribution >= 4 is 17.6 Å². The number of carboxylic acid groups (broad SMARTS) is 1. The van der Waals surface area contributed by atoms with Crippen molar-refractivity contribution in [2.45, 2.75) is 6.42 Å². The maximum absolute atomic E-state index is 11.7. The van der Waals surface area contributed by atoms with E-state index in [1.54, 1.807) is 36.4 Å². The topological polar surface area (TPSA) is 95.9 Å². The van der Waals surface area contributed by atoms with Crippen molar-refractivity contribution in [1.82, 2.24) is 0 Å². The maximum atomic E-state index is 11.7. The average molecular weight is 301 g/mol. The molecule has 0 saturated heterocycles. The van der Waals surface area contributed by atoms with Crippen molar-refractivity contribution in [3.05, 3.63) is 42.5 Å². The van der Waals surface area contributed by atoms with E-state index in [4.69, 9.17) is 9.84 Å². The minimum absolute atomic E-state index is 0.0458. The van der Waals surface area contributed by atoms with Crippen LogP contribution < -0.4 is 10.1 Å². The van der Waals surface area contributed by atoms with Gasteiger partial charge in [-0.25, -0.2) is 0 Å². The van der Waals surface area contributed by atoms with E-state index in [2.05, 4.69) is 5.32 Å². The summed E-state index contributed by atoms with van der Waals surface area (Å²) in [5.74, 6) is -1.26. The second-order valence-electron chi connectivity index (χ2n) is 4.55. The van der Waals surface area contributed by atoms with Gasteiger partial charge in [0.1, 0.15) is 17.9 Å². The number of amides is 1. The third-order valence-electron chi connectivity index (χ3n) is 3.01. The van der Waals surface area contributed by atoms with E-state index in [1.807, 2.05) is 0 Å². The molecular weight excluding hydrogens is 286 g/mol. The predicted molar refractivity (Wildman–Crippen MR) is 81.0 cm³/mol. The highest BCUT2D eigenvalue weighted by molar-refractivity contribution is 6.03. The van der Waals surface area contributed by atoms with E-state index in [9.17, 15) is 14.7 Å². The molecule has 0 aliphatic carbocycles. The largest absolute Gasteiger partial charge is 0.507 e. The predicted octanol–water partition coefficient (Wildman–Crippen LogP) is 2.48. The summed E-state index contributed by atoms with van der Waals surface area (Å²) in [4.78, 5) is 22.2. The summed E-state index contributed by atoms with van der Waals surface area (Å²) in [5.41, 5.74) is 1.44. The van der Waals surface area contributed by atoms with Gasteiger partial charge in [-0.05, 0) is 24.3 Å². The van der Waals surface area contributed by atoms with Crippen LogP contribution in [0.25, 0.3) is 11.1 Å². The number of ether oxygens (including phenoxy) is 1. The third-order valence-corrected chi connectivity index (χ3v) is 3.01. The van der Waals surface area contributed by atoms with Gasteiger partial charge in [0.15, 0.2) is 0 Å². The van der Waals surface area contributed by atoms with Crippen LogP contribution in [0.4, 0.5) is 5.69 Å². The number of carboxylic acids is 1. The summed E-state index contributed by atoms with van der Waals surface area (Å²) in [7, 11) is 1.51. The maximum Gasteiger partial charge on any atom is 0.312 e. The molecule has 0 spiro atoms. The number of rotatable bonds is 5. The monoisotopic (exact) mass is 301 g/mol. The van der Waals surface area contributed by atoms with Crippen LogP contribution in [-0.4, -0.2) is 29.2 Å². The number of phenolic OH excluding ortho intramolecular Hbond substituents is 1. The Hall–Kier alpha value is -3.02. The molecule has 0 radical (unpaired) electrons. The highest BCUT2D eigenvalue weighted by Gasteiger charge is 2.14. The Bertz CT molecular complexity index is 711. The van der Waals surface area contributed by atoms with Crippen LogP contribution in [0.5, 0.6) is 11.5 Å². The molecule has 3 N–H and O–H groups in total. The lowest BCUT2D eigenvalue weighted by Gasteiger charge is -2.13. The van der Waals surface area contributed by atoms with Crippen LogP contribution in [0, 0.1) is 0 Å². The lowest BCUT2D eigenvalue weighted by atomic mass is 10.0.